The summed E-state index contributed by atoms with van der Waals surface area (Å²) < 4.78 is 5.79. The highest BCUT2D eigenvalue weighted by Gasteiger charge is 2.07. The van der Waals surface area contributed by atoms with Crippen LogP contribution in [0.1, 0.15) is 5.56 Å². The van der Waals surface area contributed by atoms with E-state index in [4.69, 9.17) is 10.2 Å². The topological polar surface area (TPSA) is 52.0 Å². The Morgan fingerprint density at radius 3 is 2.32 bits per heavy atom. The Bertz CT molecular complexity index is 657. The van der Waals surface area contributed by atoms with Gasteiger partial charge in [-0.2, -0.15) is 0 Å². The first-order chi connectivity index (χ1) is 9.36. The van der Waals surface area contributed by atoms with Gasteiger partial charge in [-0.15, -0.1) is 0 Å². The molecule has 0 spiro atoms. The van der Waals surface area contributed by atoms with E-state index in [2.05, 4.69) is 4.98 Å². The molecule has 0 bridgehead atoms. The number of rotatable bonds is 3. The predicted octanol–water partition coefficient (Wildman–Crippen LogP) is 3.47. The fraction of sp³-hybridized carbons (Fsp3) is 0.0625. The third-order valence-corrected chi connectivity index (χ3v) is 3.00. The summed E-state index contributed by atoms with van der Waals surface area (Å²) in [5.74, 6) is 1.40. The summed E-state index contributed by atoms with van der Waals surface area (Å²) in [5, 5.41) is 0. The zero-order chi connectivity index (χ0) is 13.1. The maximum absolute atomic E-state index is 5.79. The molecule has 2 N–H and O–H groups in total. The van der Waals surface area contributed by atoms with Crippen molar-refractivity contribution in [2.75, 3.05) is 0 Å². The molecule has 0 atom stereocenters. The van der Waals surface area contributed by atoms with Crippen LogP contribution in [0.4, 0.5) is 0 Å². The van der Waals surface area contributed by atoms with Crippen LogP contribution in [0.2, 0.25) is 0 Å². The predicted molar refractivity (Wildman–Crippen MR) is 75.3 cm³/mol. The van der Waals surface area contributed by atoms with Gasteiger partial charge in [0.15, 0.2) is 5.76 Å². The molecule has 0 aliphatic rings. The maximum Gasteiger partial charge on any atom is 0.226 e. The van der Waals surface area contributed by atoms with Crippen molar-refractivity contribution in [3.05, 3.63) is 66.4 Å². The molecule has 0 aliphatic heterocycles. The Hall–Kier alpha value is -2.39. The number of nitrogens with zero attached hydrogens (tertiary/aromatic N) is 1. The standard InChI is InChI=1S/C16H14N2O/c17-10-12-6-8-14(9-7-12)16-18-11-15(19-16)13-4-2-1-3-5-13/h1-9,11H,10,17H2. The van der Waals surface area contributed by atoms with Gasteiger partial charge < -0.3 is 10.2 Å². The molecule has 3 nitrogen and oxygen atoms in total. The number of benzene rings is 2. The van der Waals surface area contributed by atoms with Gasteiger partial charge in [-0.1, -0.05) is 42.5 Å². The number of aromatic nitrogens is 1. The largest absolute Gasteiger partial charge is 0.436 e. The molecule has 19 heavy (non-hydrogen) atoms. The second kappa shape index (κ2) is 5.08. The fourth-order valence-electron chi connectivity index (χ4n) is 1.93. The minimum atomic E-state index is 0.543. The molecule has 3 heteroatoms. The van der Waals surface area contributed by atoms with Crippen LogP contribution in [0.15, 0.2) is 65.2 Å². The molecule has 94 valence electrons. The van der Waals surface area contributed by atoms with Gasteiger partial charge in [-0.25, -0.2) is 4.98 Å². The van der Waals surface area contributed by atoms with E-state index in [9.17, 15) is 0 Å². The van der Waals surface area contributed by atoms with Crippen molar-refractivity contribution in [3.8, 4) is 22.8 Å². The monoisotopic (exact) mass is 250 g/mol. The number of oxazole rings is 1. The Morgan fingerprint density at radius 1 is 0.895 bits per heavy atom. The molecule has 0 amide bonds. The summed E-state index contributed by atoms with van der Waals surface area (Å²) in [7, 11) is 0. The first-order valence-corrected chi connectivity index (χ1v) is 6.17. The zero-order valence-electron chi connectivity index (χ0n) is 10.4. The third-order valence-electron chi connectivity index (χ3n) is 3.00. The average molecular weight is 250 g/mol. The van der Waals surface area contributed by atoms with Gasteiger partial charge in [0, 0.05) is 17.7 Å². The van der Waals surface area contributed by atoms with Crippen LogP contribution in [0.25, 0.3) is 22.8 Å². The van der Waals surface area contributed by atoms with Crippen LogP contribution >= 0.6 is 0 Å². The lowest BCUT2D eigenvalue weighted by Gasteiger charge is -1.98. The van der Waals surface area contributed by atoms with E-state index in [-0.39, 0.29) is 0 Å². The molecule has 3 aromatic rings. The minimum absolute atomic E-state index is 0.543. The lowest BCUT2D eigenvalue weighted by molar-refractivity contribution is 0.589. The molecule has 0 saturated heterocycles. The van der Waals surface area contributed by atoms with Crippen molar-refractivity contribution in [3.63, 3.8) is 0 Å². The Labute approximate surface area is 111 Å². The highest BCUT2D eigenvalue weighted by Crippen LogP contribution is 2.25. The second-order valence-electron chi connectivity index (χ2n) is 4.30. The van der Waals surface area contributed by atoms with Crippen LogP contribution in [-0.4, -0.2) is 4.98 Å². The molecule has 1 heterocycles. The van der Waals surface area contributed by atoms with Crippen molar-refractivity contribution in [2.24, 2.45) is 5.73 Å². The lowest BCUT2D eigenvalue weighted by atomic mass is 10.1. The van der Waals surface area contributed by atoms with E-state index in [0.29, 0.717) is 12.4 Å². The van der Waals surface area contributed by atoms with E-state index < -0.39 is 0 Å². The van der Waals surface area contributed by atoms with Gasteiger partial charge in [0.2, 0.25) is 5.89 Å². The van der Waals surface area contributed by atoms with Crippen LogP contribution in [0, 0.1) is 0 Å². The minimum Gasteiger partial charge on any atom is -0.436 e. The van der Waals surface area contributed by atoms with Gasteiger partial charge in [0.05, 0.1) is 6.20 Å². The molecule has 0 unspecified atom stereocenters. The van der Waals surface area contributed by atoms with Crippen molar-refractivity contribution < 1.29 is 4.42 Å². The average Bonchev–Trinajstić information content (AvgIpc) is 2.98. The lowest BCUT2D eigenvalue weighted by Crippen LogP contribution is -1.95. The first kappa shape index (κ1) is 11.7. The summed E-state index contributed by atoms with van der Waals surface area (Å²) in [5.41, 5.74) is 8.66. The molecular weight excluding hydrogens is 236 g/mol. The van der Waals surface area contributed by atoms with Crippen molar-refractivity contribution in [1.29, 1.82) is 0 Å². The van der Waals surface area contributed by atoms with Crippen molar-refractivity contribution in [2.45, 2.75) is 6.54 Å². The molecule has 0 saturated carbocycles. The Balaban J connectivity index is 1.92. The molecule has 0 radical (unpaired) electrons. The van der Waals surface area contributed by atoms with Crippen LogP contribution in [0.5, 0.6) is 0 Å². The summed E-state index contributed by atoms with van der Waals surface area (Å²) in [6.45, 7) is 0.543. The van der Waals surface area contributed by atoms with E-state index in [1.807, 2.05) is 54.6 Å². The summed E-state index contributed by atoms with van der Waals surface area (Å²) in [4.78, 5) is 4.32. The maximum atomic E-state index is 5.79. The molecule has 1 aromatic heterocycles. The zero-order valence-corrected chi connectivity index (χ0v) is 10.4. The van der Waals surface area contributed by atoms with Gasteiger partial charge in [0.1, 0.15) is 0 Å². The smallest absolute Gasteiger partial charge is 0.226 e. The van der Waals surface area contributed by atoms with Crippen molar-refractivity contribution in [1.82, 2.24) is 4.98 Å². The van der Waals surface area contributed by atoms with Gasteiger partial charge in [-0.3, -0.25) is 0 Å². The fourth-order valence-corrected chi connectivity index (χ4v) is 1.93. The van der Waals surface area contributed by atoms with E-state index in [1.54, 1.807) is 6.20 Å². The number of hydrogen-bond acceptors (Lipinski definition) is 3. The Kier molecular flexibility index (Phi) is 3.12. The highest BCUT2D eigenvalue weighted by molar-refractivity contribution is 5.61. The van der Waals surface area contributed by atoms with Gasteiger partial charge in [0.25, 0.3) is 0 Å². The summed E-state index contributed by atoms with van der Waals surface area (Å²) in [6.07, 6.45) is 1.75. The summed E-state index contributed by atoms with van der Waals surface area (Å²) in [6, 6.07) is 17.9. The quantitative estimate of drug-likeness (QED) is 0.774. The van der Waals surface area contributed by atoms with Crippen LogP contribution < -0.4 is 5.73 Å². The molecular formula is C16H14N2O. The van der Waals surface area contributed by atoms with Crippen LogP contribution in [0.3, 0.4) is 0 Å². The van der Waals surface area contributed by atoms with E-state index in [0.717, 1.165) is 22.5 Å². The van der Waals surface area contributed by atoms with Crippen molar-refractivity contribution >= 4 is 0 Å². The number of hydrogen-bond donors (Lipinski definition) is 1. The number of nitrogens with two attached hydrogens (primary N) is 1. The second-order valence-corrected chi connectivity index (χ2v) is 4.30. The third kappa shape index (κ3) is 2.41. The van der Waals surface area contributed by atoms with Gasteiger partial charge >= 0.3 is 0 Å². The van der Waals surface area contributed by atoms with E-state index in [1.165, 1.54) is 0 Å². The van der Waals surface area contributed by atoms with Crippen LogP contribution in [-0.2, 0) is 6.54 Å². The highest BCUT2D eigenvalue weighted by atomic mass is 16.4. The van der Waals surface area contributed by atoms with Gasteiger partial charge in [-0.05, 0) is 17.7 Å². The SMILES string of the molecule is NCc1ccc(-c2ncc(-c3ccccc3)o2)cc1. The molecule has 0 aliphatic carbocycles. The normalized spacial score (nSPS) is 10.6. The molecule has 0 fully saturated rings. The molecule has 3 rings (SSSR count). The summed E-state index contributed by atoms with van der Waals surface area (Å²) >= 11 is 0. The Morgan fingerprint density at radius 2 is 1.63 bits per heavy atom. The van der Waals surface area contributed by atoms with E-state index >= 15 is 0 Å². The molecule has 2 aromatic carbocycles. The first-order valence-electron chi connectivity index (χ1n) is 6.17.